The normalized spacial score (nSPS) is 11.0. The second-order valence-corrected chi connectivity index (χ2v) is 9.21. The number of para-hydroxylation sites is 1. The highest BCUT2D eigenvalue weighted by Crippen LogP contribution is 2.13. The fraction of sp³-hybridized carbons (Fsp3) is 0.767. The summed E-state index contributed by atoms with van der Waals surface area (Å²) in [4.78, 5) is 11.8. The van der Waals surface area contributed by atoms with Crippen LogP contribution < -0.4 is 4.74 Å². The minimum atomic E-state index is -0.119. The van der Waals surface area contributed by atoms with Crippen LogP contribution >= 0.6 is 0 Å². The summed E-state index contributed by atoms with van der Waals surface area (Å²) < 4.78 is 27.1. The number of esters is 1. The van der Waals surface area contributed by atoms with Gasteiger partial charge in [0.05, 0.1) is 39.6 Å². The molecule has 0 aliphatic heterocycles. The van der Waals surface area contributed by atoms with Crippen molar-refractivity contribution in [3.63, 3.8) is 0 Å². The van der Waals surface area contributed by atoms with Crippen LogP contribution in [0.1, 0.15) is 96.8 Å². The summed E-state index contributed by atoms with van der Waals surface area (Å²) in [5.74, 6) is 0.728. The van der Waals surface area contributed by atoms with Crippen LogP contribution in [0.4, 0.5) is 0 Å². The lowest BCUT2D eigenvalue weighted by Gasteiger charge is -2.08. The SMILES string of the molecule is CCCCCCCCCCCCCCCC(=O)OCCOCCOCCOCCOc1ccccc1. The van der Waals surface area contributed by atoms with Crippen molar-refractivity contribution >= 4 is 5.97 Å². The van der Waals surface area contributed by atoms with E-state index in [1.807, 2.05) is 30.3 Å². The van der Waals surface area contributed by atoms with E-state index in [4.69, 9.17) is 23.7 Å². The predicted molar refractivity (Wildman–Crippen MR) is 146 cm³/mol. The summed E-state index contributed by atoms with van der Waals surface area (Å²) in [6.45, 7) is 6.04. The van der Waals surface area contributed by atoms with E-state index in [0.717, 1.165) is 18.6 Å². The number of benzene rings is 1. The lowest BCUT2D eigenvalue weighted by atomic mass is 10.0. The van der Waals surface area contributed by atoms with Crippen molar-refractivity contribution in [3.8, 4) is 5.75 Å². The molecule has 0 fully saturated rings. The minimum Gasteiger partial charge on any atom is -0.491 e. The molecule has 0 aliphatic rings. The first-order chi connectivity index (χ1) is 17.8. The molecule has 36 heavy (non-hydrogen) atoms. The average molecular weight is 509 g/mol. The van der Waals surface area contributed by atoms with Gasteiger partial charge in [0.2, 0.25) is 0 Å². The van der Waals surface area contributed by atoms with Gasteiger partial charge in [-0.3, -0.25) is 4.79 Å². The van der Waals surface area contributed by atoms with Crippen molar-refractivity contribution in [1.82, 2.24) is 0 Å². The summed E-state index contributed by atoms with van der Waals surface area (Å²) in [5, 5.41) is 0. The molecule has 6 heteroatoms. The largest absolute Gasteiger partial charge is 0.491 e. The van der Waals surface area contributed by atoms with Gasteiger partial charge in [-0.2, -0.15) is 0 Å². The quantitative estimate of drug-likeness (QED) is 0.0929. The Balaban J connectivity index is 1.70. The highest BCUT2D eigenvalue weighted by Gasteiger charge is 2.03. The summed E-state index contributed by atoms with van der Waals surface area (Å²) in [7, 11) is 0. The molecule has 0 heterocycles. The van der Waals surface area contributed by atoms with Crippen molar-refractivity contribution in [2.75, 3.05) is 52.9 Å². The summed E-state index contributed by atoms with van der Waals surface area (Å²) >= 11 is 0. The van der Waals surface area contributed by atoms with Crippen molar-refractivity contribution in [1.29, 1.82) is 0 Å². The van der Waals surface area contributed by atoms with Gasteiger partial charge >= 0.3 is 5.97 Å². The Labute approximate surface area is 220 Å². The maximum atomic E-state index is 11.8. The second kappa shape index (κ2) is 26.4. The van der Waals surface area contributed by atoms with Crippen LogP contribution in [0.2, 0.25) is 0 Å². The van der Waals surface area contributed by atoms with Crippen LogP contribution in [0.15, 0.2) is 30.3 Å². The molecule has 0 saturated carbocycles. The van der Waals surface area contributed by atoms with E-state index in [1.54, 1.807) is 0 Å². The highest BCUT2D eigenvalue weighted by molar-refractivity contribution is 5.69. The predicted octanol–water partition coefficient (Wildman–Crippen LogP) is 7.14. The molecule has 0 aromatic heterocycles. The Morgan fingerprint density at radius 1 is 0.556 bits per heavy atom. The molecule has 1 aromatic carbocycles. The maximum absolute atomic E-state index is 11.8. The molecule has 0 atom stereocenters. The molecule has 0 spiro atoms. The lowest BCUT2D eigenvalue weighted by molar-refractivity contribution is -0.145. The molecular weight excluding hydrogens is 456 g/mol. The monoisotopic (exact) mass is 508 g/mol. The number of rotatable bonds is 27. The van der Waals surface area contributed by atoms with Crippen molar-refractivity contribution in [2.24, 2.45) is 0 Å². The number of unbranched alkanes of at least 4 members (excludes halogenated alkanes) is 12. The molecule has 0 unspecified atom stereocenters. The number of hydrogen-bond acceptors (Lipinski definition) is 6. The molecule has 0 bridgehead atoms. The van der Waals surface area contributed by atoms with Gasteiger partial charge in [-0.05, 0) is 18.6 Å². The van der Waals surface area contributed by atoms with E-state index in [-0.39, 0.29) is 5.97 Å². The zero-order chi connectivity index (χ0) is 25.8. The molecular formula is C30H52O6. The van der Waals surface area contributed by atoms with Crippen LogP contribution in [-0.4, -0.2) is 58.8 Å². The topological polar surface area (TPSA) is 63.2 Å². The first-order valence-corrected chi connectivity index (χ1v) is 14.4. The summed E-state index contributed by atoms with van der Waals surface area (Å²) in [6.07, 6.45) is 17.5. The average Bonchev–Trinajstić information content (AvgIpc) is 2.90. The van der Waals surface area contributed by atoms with E-state index in [0.29, 0.717) is 59.3 Å². The molecule has 1 rings (SSSR count). The van der Waals surface area contributed by atoms with Gasteiger partial charge < -0.3 is 23.7 Å². The van der Waals surface area contributed by atoms with Crippen LogP contribution in [-0.2, 0) is 23.7 Å². The van der Waals surface area contributed by atoms with Crippen LogP contribution in [0.5, 0.6) is 5.75 Å². The minimum absolute atomic E-state index is 0.119. The Morgan fingerprint density at radius 2 is 1.00 bits per heavy atom. The van der Waals surface area contributed by atoms with Crippen molar-refractivity contribution in [3.05, 3.63) is 30.3 Å². The smallest absolute Gasteiger partial charge is 0.305 e. The number of carbonyl (C=O) groups is 1. The second-order valence-electron chi connectivity index (χ2n) is 9.21. The van der Waals surface area contributed by atoms with Gasteiger partial charge in [0.1, 0.15) is 19.0 Å². The first kappa shape index (κ1) is 32.4. The third kappa shape index (κ3) is 22.8. The number of carbonyl (C=O) groups excluding carboxylic acids is 1. The van der Waals surface area contributed by atoms with Crippen LogP contribution in [0, 0.1) is 0 Å². The zero-order valence-electron chi connectivity index (χ0n) is 22.9. The van der Waals surface area contributed by atoms with Crippen LogP contribution in [0.3, 0.4) is 0 Å². The van der Waals surface area contributed by atoms with E-state index < -0.39 is 0 Å². The summed E-state index contributed by atoms with van der Waals surface area (Å²) in [6, 6.07) is 9.68. The molecule has 0 N–H and O–H groups in total. The Bertz CT molecular complexity index is 580. The third-order valence-electron chi connectivity index (χ3n) is 5.96. The Hall–Kier alpha value is -1.63. The van der Waals surface area contributed by atoms with Gasteiger partial charge in [0.25, 0.3) is 0 Å². The molecule has 1 aromatic rings. The van der Waals surface area contributed by atoms with Gasteiger partial charge in [-0.1, -0.05) is 102 Å². The third-order valence-corrected chi connectivity index (χ3v) is 5.96. The number of hydrogen-bond donors (Lipinski definition) is 0. The summed E-state index contributed by atoms with van der Waals surface area (Å²) in [5.41, 5.74) is 0. The molecule has 0 amide bonds. The molecule has 0 radical (unpaired) electrons. The van der Waals surface area contributed by atoms with E-state index in [9.17, 15) is 4.79 Å². The Kier molecular flexibility index (Phi) is 23.8. The molecule has 6 nitrogen and oxygen atoms in total. The van der Waals surface area contributed by atoms with E-state index in [1.165, 1.54) is 70.6 Å². The van der Waals surface area contributed by atoms with Crippen molar-refractivity contribution in [2.45, 2.75) is 96.8 Å². The van der Waals surface area contributed by atoms with Gasteiger partial charge in [-0.25, -0.2) is 0 Å². The van der Waals surface area contributed by atoms with E-state index in [2.05, 4.69) is 6.92 Å². The van der Waals surface area contributed by atoms with Crippen LogP contribution in [0.25, 0.3) is 0 Å². The standard InChI is InChI=1S/C30H52O6/c1-2-3-4-5-6-7-8-9-10-11-12-13-17-20-30(31)36-28-26-34-24-22-32-21-23-33-25-27-35-29-18-15-14-16-19-29/h14-16,18-19H,2-13,17,20-28H2,1H3. The van der Waals surface area contributed by atoms with Gasteiger partial charge in [0.15, 0.2) is 0 Å². The first-order valence-electron chi connectivity index (χ1n) is 14.4. The molecule has 0 saturated heterocycles. The van der Waals surface area contributed by atoms with Gasteiger partial charge in [-0.15, -0.1) is 0 Å². The zero-order valence-corrected chi connectivity index (χ0v) is 22.9. The van der Waals surface area contributed by atoms with Gasteiger partial charge in [0, 0.05) is 6.42 Å². The lowest BCUT2D eigenvalue weighted by Crippen LogP contribution is -2.14. The fourth-order valence-corrected chi connectivity index (χ4v) is 3.85. The molecule has 208 valence electrons. The Morgan fingerprint density at radius 3 is 1.53 bits per heavy atom. The van der Waals surface area contributed by atoms with Crippen molar-refractivity contribution < 1.29 is 28.5 Å². The van der Waals surface area contributed by atoms with E-state index >= 15 is 0 Å². The maximum Gasteiger partial charge on any atom is 0.305 e. The molecule has 0 aliphatic carbocycles. The fourth-order valence-electron chi connectivity index (χ4n) is 3.85. The highest BCUT2D eigenvalue weighted by atomic mass is 16.6. The number of ether oxygens (including phenoxy) is 5.